The zero-order valence-corrected chi connectivity index (χ0v) is 15.0. The number of carbonyl (C=O) groups excluding carboxylic acids is 1. The van der Waals surface area contributed by atoms with Gasteiger partial charge in [-0.2, -0.15) is 0 Å². The number of benzene rings is 2. The number of aliphatic imine (C=N–C) groups is 1. The monoisotopic (exact) mass is 380 g/mol. The van der Waals surface area contributed by atoms with Crippen molar-refractivity contribution in [1.82, 2.24) is 10.3 Å². The summed E-state index contributed by atoms with van der Waals surface area (Å²) >= 11 is 7.39. The van der Waals surface area contributed by atoms with E-state index in [-0.39, 0.29) is 5.91 Å². The van der Waals surface area contributed by atoms with Crippen LogP contribution in [0.15, 0.2) is 64.6 Å². The molecule has 1 aromatic heterocycles. The minimum atomic E-state index is -0.194. The average molecular weight is 381 g/mol. The van der Waals surface area contributed by atoms with Crippen molar-refractivity contribution in [3.05, 3.63) is 70.2 Å². The molecule has 26 heavy (non-hydrogen) atoms. The van der Waals surface area contributed by atoms with Gasteiger partial charge in [-0.1, -0.05) is 23.7 Å². The Morgan fingerprint density at radius 1 is 1.19 bits per heavy atom. The van der Waals surface area contributed by atoms with Crippen molar-refractivity contribution in [1.29, 1.82) is 0 Å². The Balaban J connectivity index is 1.63. The molecule has 0 saturated carbocycles. The Morgan fingerprint density at radius 3 is 2.96 bits per heavy atom. The molecule has 1 aliphatic rings. The molecule has 0 spiro atoms. The van der Waals surface area contributed by atoms with E-state index in [9.17, 15) is 4.79 Å². The molecule has 0 atom stereocenters. The number of anilines is 1. The molecule has 3 aromatic rings. The number of thioether (sulfide) groups is 1. The zero-order chi connectivity index (χ0) is 18.1. The van der Waals surface area contributed by atoms with Gasteiger partial charge in [-0.3, -0.25) is 9.78 Å². The van der Waals surface area contributed by atoms with Crippen LogP contribution in [0.4, 0.5) is 11.4 Å². The van der Waals surface area contributed by atoms with Gasteiger partial charge in [-0.25, -0.2) is 4.99 Å². The molecular weight excluding hydrogens is 368 g/mol. The summed E-state index contributed by atoms with van der Waals surface area (Å²) in [5.74, 6) is -0.194. The van der Waals surface area contributed by atoms with Crippen LogP contribution >= 0.6 is 23.4 Å². The maximum atomic E-state index is 12.2. The van der Waals surface area contributed by atoms with Crippen molar-refractivity contribution in [3.8, 4) is 0 Å². The third-order valence-corrected chi connectivity index (χ3v) is 5.00. The van der Waals surface area contributed by atoms with E-state index in [2.05, 4.69) is 15.3 Å². The number of carbonyl (C=O) groups is 1. The van der Waals surface area contributed by atoms with Gasteiger partial charge in [0.05, 0.1) is 21.1 Å². The molecule has 2 aromatic carbocycles. The molecule has 3 N–H and O–H groups in total. The van der Waals surface area contributed by atoms with Crippen LogP contribution in [0.3, 0.4) is 0 Å². The number of nitrogen functional groups attached to an aromatic ring is 1. The molecule has 4 rings (SSSR count). The minimum Gasteiger partial charge on any atom is -0.399 e. The number of amides is 1. The molecule has 2 heterocycles. The van der Waals surface area contributed by atoms with Crippen LogP contribution < -0.4 is 11.1 Å². The smallest absolute Gasteiger partial charge is 0.264 e. The fourth-order valence-corrected chi connectivity index (χ4v) is 3.54. The second kappa shape index (κ2) is 6.82. The lowest BCUT2D eigenvalue weighted by Crippen LogP contribution is -2.19. The van der Waals surface area contributed by atoms with Gasteiger partial charge in [0, 0.05) is 17.3 Å². The lowest BCUT2D eigenvalue weighted by molar-refractivity contribution is -0.115. The minimum absolute atomic E-state index is 0.194. The second-order valence-corrected chi connectivity index (χ2v) is 7.09. The molecule has 1 amide bonds. The number of halogens is 1. The van der Waals surface area contributed by atoms with Gasteiger partial charge in [0.25, 0.3) is 5.91 Å². The van der Waals surface area contributed by atoms with Gasteiger partial charge in [0.2, 0.25) is 0 Å². The molecule has 0 radical (unpaired) electrons. The topological polar surface area (TPSA) is 80.4 Å². The van der Waals surface area contributed by atoms with Crippen LogP contribution in [-0.2, 0) is 4.79 Å². The first-order valence-corrected chi connectivity index (χ1v) is 8.97. The van der Waals surface area contributed by atoms with E-state index in [1.807, 2.05) is 36.4 Å². The first kappa shape index (κ1) is 16.6. The molecule has 0 bridgehead atoms. The number of hydrogen-bond donors (Lipinski definition) is 2. The first-order chi connectivity index (χ1) is 12.6. The summed E-state index contributed by atoms with van der Waals surface area (Å²) < 4.78 is 0. The van der Waals surface area contributed by atoms with Crippen molar-refractivity contribution < 1.29 is 4.79 Å². The van der Waals surface area contributed by atoms with Gasteiger partial charge >= 0.3 is 0 Å². The highest BCUT2D eigenvalue weighted by Gasteiger charge is 2.24. The van der Waals surface area contributed by atoms with Crippen molar-refractivity contribution in [2.75, 3.05) is 5.73 Å². The van der Waals surface area contributed by atoms with Crippen molar-refractivity contribution in [2.24, 2.45) is 4.99 Å². The first-order valence-electron chi connectivity index (χ1n) is 7.78. The van der Waals surface area contributed by atoms with Crippen molar-refractivity contribution >= 4 is 62.8 Å². The predicted molar refractivity (Wildman–Crippen MR) is 108 cm³/mol. The number of hydrogen-bond acceptors (Lipinski definition) is 5. The molecule has 5 nitrogen and oxygen atoms in total. The number of fused-ring (bicyclic) bond motifs is 1. The number of amidine groups is 1. The standard InChI is InChI=1S/C19H13ClN4OS/c20-14-5-4-13(21)10-16(14)23-19-24-18(25)17(26-19)9-11-3-6-15-12(8-11)2-1-7-22-15/h1-10H,21H2,(H,23,24,25)/b17-9+. The number of rotatable bonds is 2. The van der Waals surface area contributed by atoms with Gasteiger partial charge in [-0.05, 0) is 59.8 Å². The number of nitrogens with one attached hydrogen (secondary N) is 1. The van der Waals surface area contributed by atoms with Gasteiger partial charge in [0.15, 0.2) is 5.17 Å². The quantitative estimate of drug-likeness (QED) is 0.511. The summed E-state index contributed by atoms with van der Waals surface area (Å²) in [4.78, 5) is 21.5. The predicted octanol–water partition coefficient (Wildman–Crippen LogP) is 4.36. The summed E-state index contributed by atoms with van der Waals surface area (Å²) in [5, 5.41) is 4.71. The van der Waals surface area contributed by atoms with Crippen molar-refractivity contribution in [3.63, 3.8) is 0 Å². The van der Waals surface area contributed by atoms with Crippen LogP contribution in [0.1, 0.15) is 5.56 Å². The van der Waals surface area contributed by atoms with Crippen LogP contribution in [0.25, 0.3) is 17.0 Å². The molecule has 128 valence electrons. The number of nitrogens with zero attached hydrogens (tertiary/aromatic N) is 2. The molecule has 0 aliphatic carbocycles. The average Bonchev–Trinajstić information content (AvgIpc) is 2.97. The lowest BCUT2D eigenvalue weighted by Gasteiger charge is -2.01. The Hall–Kier alpha value is -2.83. The Morgan fingerprint density at radius 2 is 2.08 bits per heavy atom. The third kappa shape index (κ3) is 3.42. The van der Waals surface area contributed by atoms with E-state index in [0.29, 0.717) is 26.5 Å². The zero-order valence-electron chi connectivity index (χ0n) is 13.4. The molecule has 1 fully saturated rings. The summed E-state index contributed by atoms with van der Waals surface area (Å²) in [6, 6.07) is 14.8. The fraction of sp³-hybridized carbons (Fsp3) is 0. The van der Waals surface area contributed by atoms with Crippen LogP contribution in [0.2, 0.25) is 5.02 Å². The van der Waals surface area contributed by atoms with E-state index in [4.69, 9.17) is 17.3 Å². The molecular formula is C19H13ClN4OS. The highest BCUT2D eigenvalue weighted by atomic mass is 35.5. The van der Waals surface area contributed by atoms with E-state index in [1.54, 1.807) is 24.4 Å². The van der Waals surface area contributed by atoms with E-state index in [1.165, 1.54) is 11.8 Å². The number of nitrogens with two attached hydrogens (primary N) is 1. The maximum absolute atomic E-state index is 12.2. The highest BCUT2D eigenvalue weighted by Crippen LogP contribution is 2.32. The fourth-order valence-electron chi connectivity index (χ4n) is 2.54. The largest absolute Gasteiger partial charge is 0.399 e. The van der Waals surface area contributed by atoms with Gasteiger partial charge in [0.1, 0.15) is 0 Å². The van der Waals surface area contributed by atoms with E-state index >= 15 is 0 Å². The normalized spacial score (nSPS) is 17.2. The molecule has 0 unspecified atom stereocenters. The summed E-state index contributed by atoms with van der Waals surface area (Å²) in [6.45, 7) is 0. The second-order valence-electron chi connectivity index (χ2n) is 5.65. The highest BCUT2D eigenvalue weighted by molar-refractivity contribution is 8.18. The summed E-state index contributed by atoms with van der Waals surface area (Å²) in [6.07, 6.45) is 3.58. The molecule has 1 saturated heterocycles. The summed E-state index contributed by atoms with van der Waals surface area (Å²) in [5.41, 5.74) is 8.68. The number of pyridine rings is 1. The summed E-state index contributed by atoms with van der Waals surface area (Å²) in [7, 11) is 0. The Kier molecular flexibility index (Phi) is 4.36. The van der Waals surface area contributed by atoms with Crippen molar-refractivity contribution in [2.45, 2.75) is 0 Å². The van der Waals surface area contributed by atoms with Gasteiger partial charge < -0.3 is 11.1 Å². The Labute approximate surface area is 159 Å². The van der Waals surface area contributed by atoms with Gasteiger partial charge in [-0.15, -0.1) is 0 Å². The van der Waals surface area contributed by atoms with E-state index in [0.717, 1.165) is 16.5 Å². The Bertz CT molecular complexity index is 1090. The maximum Gasteiger partial charge on any atom is 0.264 e. The van der Waals surface area contributed by atoms with Crippen LogP contribution in [0, 0.1) is 0 Å². The van der Waals surface area contributed by atoms with Crippen LogP contribution in [0.5, 0.6) is 0 Å². The SMILES string of the molecule is Nc1ccc(Cl)c(N=C2NC(=O)/C(=C\c3ccc4ncccc4c3)S2)c1. The number of aromatic nitrogens is 1. The lowest BCUT2D eigenvalue weighted by atomic mass is 10.1. The third-order valence-electron chi connectivity index (χ3n) is 3.77. The molecule has 1 aliphatic heterocycles. The van der Waals surface area contributed by atoms with Crippen LogP contribution in [-0.4, -0.2) is 16.1 Å². The van der Waals surface area contributed by atoms with E-state index < -0.39 is 0 Å². The molecule has 7 heteroatoms.